The number of hydrogen-bond acceptors (Lipinski definition) is 3. The third-order valence-electron chi connectivity index (χ3n) is 2.64. The predicted molar refractivity (Wildman–Crippen MR) is 60.5 cm³/mol. The molecule has 1 saturated heterocycles. The summed E-state index contributed by atoms with van der Waals surface area (Å²) < 4.78 is 6.46. The Morgan fingerprint density at radius 2 is 2.43 bits per heavy atom. The third-order valence-corrected chi connectivity index (χ3v) is 4.39. The van der Waals surface area contributed by atoms with Crippen molar-refractivity contribution in [3.05, 3.63) is 20.8 Å². The molecule has 3 unspecified atom stereocenters. The Balaban J connectivity index is 2.09. The summed E-state index contributed by atoms with van der Waals surface area (Å²) in [6.45, 7) is 2.72. The van der Waals surface area contributed by atoms with Crippen molar-refractivity contribution in [2.24, 2.45) is 5.92 Å². The maximum Gasteiger partial charge on any atom is 0.0860 e. The van der Waals surface area contributed by atoms with Crippen molar-refractivity contribution in [1.29, 1.82) is 0 Å². The molecule has 2 rings (SSSR count). The molecule has 0 saturated carbocycles. The first kappa shape index (κ1) is 10.6. The van der Waals surface area contributed by atoms with E-state index >= 15 is 0 Å². The average molecular weight is 277 g/mol. The van der Waals surface area contributed by atoms with Crippen LogP contribution in [0.5, 0.6) is 0 Å². The number of halogens is 1. The van der Waals surface area contributed by atoms with E-state index in [2.05, 4.69) is 22.9 Å². The molecule has 0 radical (unpaired) electrons. The van der Waals surface area contributed by atoms with Crippen molar-refractivity contribution in [2.45, 2.75) is 25.6 Å². The van der Waals surface area contributed by atoms with Gasteiger partial charge in [-0.05, 0) is 34.7 Å². The van der Waals surface area contributed by atoms with Gasteiger partial charge in [0, 0.05) is 21.3 Å². The molecule has 0 aromatic carbocycles. The van der Waals surface area contributed by atoms with Gasteiger partial charge in [-0.2, -0.15) is 11.3 Å². The van der Waals surface area contributed by atoms with Crippen molar-refractivity contribution in [3.8, 4) is 0 Å². The maximum absolute atomic E-state index is 10.1. The van der Waals surface area contributed by atoms with Gasteiger partial charge < -0.3 is 9.84 Å². The first-order valence-corrected chi connectivity index (χ1v) is 6.43. The monoisotopic (exact) mass is 276 g/mol. The van der Waals surface area contributed by atoms with Gasteiger partial charge >= 0.3 is 0 Å². The van der Waals surface area contributed by atoms with Gasteiger partial charge in [-0.1, -0.05) is 0 Å². The zero-order valence-corrected chi connectivity index (χ0v) is 10.3. The van der Waals surface area contributed by atoms with Gasteiger partial charge in [0.25, 0.3) is 0 Å². The molecule has 0 amide bonds. The standard InChI is InChI=1S/C10H13BrO2S/c1-6-2-7(3-13-6)10(12)8-4-14-5-9(8)11/h4-7,10,12H,2-3H2,1H3. The molecule has 1 fully saturated rings. The Bertz CT molecular complexity index is 313. The summed E-state index contributed by atoms with van der Waals surface area (Å²) >= 11 is 5.05. The van der Waals surface area contributed by atoms with Crippen LogP contribution in [0.25, 0.3) is 0 Å². The van der Waals surface area contributed by atoms with Crippen LogP contribution in [0.4, 0.5) is 0 Å². The number of rotatable bonds is 2. The molecule has 1 aliphatic rings. The number of ether oxygens (including phenoxy) is 1. The Labute approximate surface area is 96.0 Å². The van der Waals surface area contributed by atoms with Gasteiger partial charge in [-0.15, -0.1) is 0 Å². The molecule has 1 N–H and O–H groups in total. The van der Waals surface area contributed by atoms with E-state index in [0.29, 0.717) is 6.61 Å². The lowest BCUT2D eigenvalue weighted by Gasteiger charge is -2.15. The molecular weight excluding hydrogens is 264 g/mol. The fourth-order valence-electron chi connectivity index (χ4n) is 1.83. The first-order chi connectivity index (χ1) is 6.68. The summed E-state index contributed by atoms with van der Waals surface area (Å²) in [6, 6.07) is 0. The van der Waals surface area contributed by atoms with Crippen LogP contribution in [0, 0.1) is 5.92 Å². The van der Waals surface area contributed by atoms with Crippen molar-refractivity contribution in [2.75, 3.05) is 6.61 Å². The van der Waals surface area contributed by atoms with Gasteiger partial charge in [-0.25, -0.2) is 0 Å². The van der Waals surface area contributed by atoms with Crippen LogP contribution in [-0.4, -0.2) is 17.8 Å². The zero-order valence-electron chi connectivity index (χ0n) is 7.94. The highest BCUT2D eigenvalue weighted by atomic mass is 79.9. The molecule has 1 aliphatic heterocycles. The number of thiophene rings is 1. The molecule has 2 heterocycles. The molecule has 0 bridgehead atoms. The highest BCUT2D eigenvalue weighted by Gasteiger charge is 2.30. The van der Waals surface area contributed by atoms with E-state index in [9.17, 15) is 5.11 Å². The normalized spacial score (nSPS) is 29.4. The van der Waals surface area contributed by atoms with Gasteiger partial charge in [0.05, 0.1) is 18.8 Å². The molecule has 1 aromatic rings. The summed E-state index contributed by atoms with van der Waals surface area (Å²) in [5.41, 5.74) is 0.998. The summed E-state index contributed by atoms with van der Waals surface area (Å²) in [7, 11) is 0. The van der Waals surface area contributed by atoms with E-state index in [4.69, 9.17) is 4.74 Å². The van der Waals surface area contributed by atoms with E-state index in [0.717, 1.165) is 16.5 Å². The lowest BCUT2D eigenvalue weighted by molar-refractivity contribution is 0.0803. The topological polar surface area (TPSA) is 29.5 Å². The minimum absolute atomic E-state index is 0.246. The largest absolute Gasteiger partial charge is 0.388 e. The van der Waals surface area contributed by atoms with Crippen LogP contribution >= 0.6 is 27.3 Å². The van der Waals surface area contributed by atoms with E-state index in [1.54, 1.807) is 11.3 Å². The lowest BCUT2D eigenvalue weighted by Crippen LogP contribution is -2.12. The molecular formula is C10H13BrO2S. The molecule has 0 spiro atoms. The van der Waals surface area contributed by atoms with Gasteiger partial charge in [0.2, 0.25) is 0 Å². The van der Waals surface area contributed by atoms with E-state index in [-0.39, 0.29) is 18.1 Å². The summed E-state index contributed by atoms with van der Waals surface area (Å²) in [6.07, 6.45) is 0.844. The molecule has 1 aromatic heterocycles. The molecule has 4 heteroatoms. The van der Waals surface area contributed by atoms with Gasteiger partial charge in [-0.3, -0.25) is 0 Å². The Morgan fingerprint density at radius 1 is 1.64 bits per heavy atom. The van der Waals surface area contributed by atoms with Crippen molar-refractivity contribution < 1.29 is 9.84 Å². The summed E-state index contributed by atoms with van der Waals surface area (Å²) in [5.74, 6) is 0.246. The Kier molecular flexibility index (Phi) is 3.27. The second-order valence-electron chi connectivity index (χ2n) is 3.76. The number of aliphatic hydroxyl groups is 1. The van der Waals surface area contributed by atoms with Crippen molar-refractivity contribution in [3.63, 3.8) is 0 Å². The maximum atomic E-state index is 10.1. The lowest BCUT2D eigenvalue weighted by atomic mass is 9.95. The van der Waals surface area contributed by atoms with E-state index in [1.807, 2.05) is 10.8 Å². The van der Waals surface area contributed by atoms with E-state index < -0.39 is 0 Å². The molecule has 3 atom stereocenters. The van der Waals surface area contributed by atoms with Crippen molar-refractivity contribution >= 4 is 27.3 Å². The van der Waals surface area contributed by atoms with Crippen LogP contribution in [0.1, 0.15) is 25.0 Å². The molecule has 0 aliphatic carbocycles. The second-order valence-corrected chi connectivity index (χ2v) is 5.36. The van der Waals surface area contributed by atoms with Crippen LogP contribution in [-0.2, 0) is 4.74 Å². The second kappa shape index (κ2) is 4.31. The Morgan fingerprint density at radius 3 is 2.93 bits per heavy atom. The summed E-state index contributed by atoms with van der Waals surface area (Å²) in [4.78, 5) is 0. The first-order valence-electron chi connectivity index (χ1n) is 4.69. The third kappa shape index (κ3) is 2.03. The quantitative estimate of drug-likeness (QED) is 0.900. The van der Waals surface area contributed by atoms with Crippen LogP contribution in [0.3, 0.4) is 0 Å². The van der Waals surface area contributed by atoms with Gasteiger partial charge in [0.1, 0.15) is 0 Å². The molecule has 14 heavy (non-hydrogen) atoms. The number of hydrogen-bond donors (Lipinski definition) is 1. The minimum Gasteiger partial charge on any atom is -0.388 e. The molecule has 78 valence electrons. The fraction of sp³-hybridized carbons (Fsp3) is 0.600. The van der Waals surface area contributed by atoms with Crippen LogP contribution in [0.2, 0.25) is 0 Å². The highest BCUT2D eigenvalue weighted by Crippen LogP contribution is 2.36. The minimum atomic E-state index is -0.388. The average Bonchev–Trinajstić information content (AvgIpc) is 2.73. The van der Waals surface area contributed by atoms with Crippen molar-refractivity contribution in [1.82, 2.24) is 0 Å². The molecule has 2 nitrogen and oxygen atoms in total. The smallest absolute Gasteiger partial charge is 0.0860 e. The van der Waals surface area contributed by atoms with E-state index in [1.165, 1.54) is 0 Å². The highest BCUT2D eigenvalue weighted by molar-refractivity contribution is 9.10. The predicted octanol–water partition coefficient (Wildman–Crippen LogP) is 2.97. The number of aliphatic hydroxyl groups excluding tert-OH is 1. The Hall–Kier alpha value is 0.1000. The van der Waals surface area contributed by atoms with Crippen LogP contribution < -0.4 is 0 Å². The fourth-order valence-corrected chi connectivity index (χ4v) is 3.39. The summed E-state index contributed by atoms with van der Waals surface area (Å²) in [5, 5.41) is 14.1. The zero-order chi connectivity index (χ0) is 10.1. The SMILES string of the molecule is CC1CC(C(O)c2cscc2Br)CO1. The van der Waals surface area contributed by atoms with Crippen LogP contribution in [0.15, 0.2) is 15.2 Å². The van der Waals surface area contributed by atoms with Gasteiger partial charge in [0.15, 0.2) is 0 Å².